The highest BCUT2D eigenvalue weighted by Gasteiger charge is 2.19. The molecule has 2 aromatic rings. The van der Waals surface area contributed by atoms with Gasteiger partial charge in [0.05, 0.1) is 19.3 Å². The van der Waals surface area contributed by atoms with Crippen molar-refractivity contribution in [2.75, 3.05) is 45.2 Å². The SMILES string of the molecule is COc1ccccc1NC(=O)CN1CCN(Cc2cccs2)CC1. The fourth-order valence-corrected chi connectivity index (χ4v) is 3.62. The Morgan fingerprint density at radius 1 is 1.12 bits per heavy atom. The van der Waals surface area contributed by atoms with Crippen LogP contribution < -0.4 is 10.1 Å². The number of nitrogens with one attached hydrogen (secondary N) is 1. The molecule has 0 atom stereocenters. The molecule has 0 unspecified atom stereocenters. The molecule has 0 aliphatic carbocycles. The second-order valence-corrected chi connectivity index (χ2v) is 6.91. The number of amides is 1. The van der Waals surface area contributed by atoms with E-state index >= 15 is 0 Å². The Labute approximate surface area is 146 Å². The van der Waals surface area contributed by atoms with Crippen LogP contribution in [-0.4, -0.2) is 55.5 Å². The molecule has 1 fully saturated rings. The Balaban J connectivity index is 1.44. The summed E-state index contributed by atoms with van der Waals surface area (Å²) in [5.41, 5.74) is 0.723. The normalized spacial score (nSPS) is 16.0. The maximum atomic E-state index is 12.3. The lowest BCUT2D eigenvalue weighted by molar-refractivity contribution is -0.117. The molecule has 2 heterocycles. The zero-order chi connectivity index (χ0) is 16.8. The standard InChI is InChI=1S/C18H23N3O2S/c1-23-17-7-3-2-6-16(17)19-18(22)14-21-10-8-20(9-11-21)13-15-5-4-12-24-15/h2-7,12H,8-11,13-14H2,1H3,(H,19,22). The molecule has 1 aromatic carbocycles. The Morgan fingerprint density at radius 2 is 1.88 bits per heavy atom. The highest BCUT2D eigenvalue weighted by Crippen LogP contribution is 2.23. The van der Waals surface area contributed by atoms with Crippen LogP contribution in [0.1, 0.15) is 4.88 Å². The second kappa shape index (κ2) is 8.28. The van der Waals surface area contributed by atoms with Crippen molar-refractivity contribution >= 4 is 22.9 Å². The number of hydrogen-bond acceptors (Lipinski definition) is 5. The number of ether oxygens (including phenoxy) is 1. The smallest absolute Gasteiger partial charge is 0.238 e. The summed E-state index contributed by atoms with van der Waals surface area (Å²) in [6.07, 6.45) is 0. The van der Waals surface area contributed by atoms with Crippen LogP contribution in [0.5, 0.6) is 5.75 Å². The van der Waals surface area contributed by atoms with Gasteiger partial charge in [0, 0.05) is 37.6 Å². The van der Waals surface area contributed by atoms with E-state index in [0.29, 0.717) is 12.3 Å². The number of rotatable bonds is 6. The van der Waals surface area contributed by atoms with Crippen molar-refractivity contribution in [1.82, 2.24) is 9.80 Å². The van der Waals surface area contributed by atoms with Crippen molar-refractivity contribution < 1.29 is 9.53 Å². The van der Waals surface area contributed by atoms with Crippen LogP contribution in [-0.2, 0) is 11.3 Å². The molecule has 0 radical (unpaired) electrons. The number of hydrogen-bond donors (Lipinski definition) is 1. The first-order valence-electron chi connectivity index (χ1n) is 8.14. The van der Waals surface area contributed by atoms with Gasteiger partial charge < -0.3 is 10.1 Å². The molecule has 3 rings (SSSR count). The Bertz CT molecular complexity index is 652. The summed E-state index contributed by atoms with van der Waals surface area (Å²) in [5, 5.41) is 5.06. The van der Waals surface area contributed by atoms with Crippen LogP contribution in [0.4, 0.5) is 5.69 Å². The summed E-state index contributed by atoms with van der Waals surface area (Å²) in [6.45, 7) is 5.28. The lowest BCUT2D eigenvalue weighted by Gasteiger charge is -2.34. The number of thiophene rings is 1. The van der Waals surface area contributed by atoms with Crippen LogP contribution >= 0.6 is 11.3 Å². The summed E-state index contributed by atoms with van der Waals surface area (Å²) < 4.78 is 5.27. The van der Waals surface area contributed by atoms with Crippen molar-refractivity contribution in [2.45, 2.75) is 6.54 Å². The van der Waals surface area contributed by atoms with E-state index in [0.717, 1.165) is 38.4 Å². The maximum Gasteiger partial charge on any atom is 0.238 e. The first-order chi connectivity index (χ1) is 11.7. The third-order valence-electron chi connectivity index (χ3n) is 4.17. The minimum Gasteiger partial charge on any atom is -0.495 e. The number of carbonyl (C=O) groups excluding carboxylic acids is 1. The van der Waals surface area contributed by atoms with E-state index in [2.05, 4.69) is 32.6 Å². The van der Waals surface area contributed by atoms with E-state index in [4.69, 9.17) is 4.74 Å². The number of benzene rings is 1. The fourth-order valence-electron chi connectivity index (χ4n) is 2.87. The molecular formula is C18H23N3O2S. The van der Waals surface area contributed by atoms with Crippen LogP contribution in [0.3, 0.4) is 0 Å². The van der Waals surface area contributed by atoms with E-state index in [1.807, 2.05) is 24.3 Å². The van der Waals surface area contributed by atoms with Gasteiger partial charge in [-0.2, -0.15) is 0 Å². The van der Waals surface area contributed by atoms with Crippen molar-refractivity contribution in [3.05, 3.63) is 46.7 Å². The molecule has 1 aliphatic heterocycles. The van der Waals surface area contributed by atoms with Gasteiger partial charge in [0.25, 0.3) is 0 Å². The fraction of sp³-hybridized carbons (Fsp3) is 0.389. The average molecular weight is 345 g/mol. The molecule has 24 heavy (non-hydrogen) atoms. The van der Waals surface area contributed by atoms with Crippen LogP contribution in [0.25, 0.3) is 0 Å². The second-order valence-electron chi connectivity index (χ2n) is 5.88. The van der Waals surface area contributed by atoms with E-state index in [1.165, 1.54) is 4.88 Å². The van der Waals surface area contributed by atoms with Crippen molar-refractivity contribution in [3.8, 4) is 5.75 Å². The molecule has 1 N–H and O–H groups in total. The predicted octanol–water partition coefficient (Wildman–Crippen LogP) is 2.51. The Kier molecular flexibility index (Phi) is 5.85. The quantitative estimate of drug-likeness (QED) is 0.874. The van der Waals surface area contributed by atoms with Gasteiger partial charge in [-0.1, -0.05) is 18.2 Å². The van der Waals surface area contributed by atoms with E-state index < -0.39 is 0 Å². The highest BCUT2D eigenvalue weighted by molar-refractivity contribution is 7.09. The van der Waals surface area contributed by atoms with Gasteiger partial charge >= 0.3 is 0 Å². The number of nitrogens with zero attached hydrogens (tertiary/aromatic N) is 2. The number of carbonyl (C=O) groups is 1. The van der Waals surface area contributed by atoms with Gasteiger partial charge in [0.15, 0.2) is 0 Å². The van der Waals surface area contributed by atoms with Gasteiger partial charge in [0.1, 0.15) is 5.75 Å². The molecule has 1 aromatic heterocycles. The molecule has 6 heteroatoms. The van der Waals surface area contributed by atoms with Gasteiger partial charge in [-0.05, 0) is 23.6 Å². The van der Waals surface area contributed by atoms with Crippen molar-refractivity contribution in [2.24, 2.45) is 0 Å². The van der Waals surface area contributed by atoms with E-state index in [-0.39, 0.29) is 5.91 Å². The summed E-state index contributed by atoms with van der Waals surface area (Å²) >= 11 is 1.80. The number of anilines is 1. The zero-order valence-corrected chi connectivity index (χ0v) is 14.7. The minimum absolute atomic E-state index is 0.00575. The predicted molar refractivity (Wildman–Crippen MR) is 97.7 cm³/mol. The molecule has 1 saturated heterocycles. The van der Waals surface area contributed by atoms with Gasteiger partial charge in [-0.25, -0.2) is 0 Å². The topological polar surface area (TPSA) is 44.8 Å². The molecule has 128 valence electrons. The number of methoxy groups -OCH3 is 1. The molecule has 0 spiro atoms. The van der Waals surface area contributed by atoms with Crippen LogP contribution in [0, 0.1) is 0 Å². The molecule has 5 nitrogen and oxygen atoms in total. The van der Waals surface area contributed by atoms with Gasteiger partial charge in [0.2, 0.25) is 5.91 Å². The maximum absolute atomic E-state index is 12.3. The summed E-state index contributed by atoms with van der Waals surface area (Å²) in [5.74, 6) is 0.692. The first kappa shape index (κ1) is 17.0. The largest absolute Gasteiger partial charge is 0.495 e. The van der Waals surface area contributed by atoms with E-state index in [9.17, 15) is 4.79 Å². The summed E-state index contributed by atoms with van der Waals surface area (Å²) in [4.78, 5) is 18.3. The molecule has 0 bridgehead atoms. The van der Waals surface area contributed by atoms with Crippen LogP contribution in [0.2, 0.25) is 0 Å². The third kappa shape index (κ3) is 4.56. The van der Waals surface area contributed by atoms with Crippen molar-refractivity contribution in [3.63, 3.8) is 0 Å². The Morgan fingerprint density at radius 3 is 2.58 bits per heavy atom. The summed E-state index contributed by atoms with van der Waals surface area (Å²) in [6, 6.07) is 11.8. The van der Waals surface area contributed by atoms with E-state index in [1.54, 1.807) is 18.4 Å². The average Bonchev–Trinajstić information content (AvgIpc) is 3.10. The van der Waals surface area contributed by atoms with Crippen molar-refractivity contribution in [1.29, 1.82) is 0 Å². The first-order valence-corrected chi connectivity index (χ1v) is 9.02. The zero-order valence-electron chi connectivity index (χ0n) is 13.9. The molecular weight excluding hydrogens is 322 g/mol. The molecule has 0 saturated carbocycles. The van der Waals surface area contributed by atoms with Gasteiger partial charge in [-0.15, -0.1) is 11.3 Å². The lowest BCUT2D eigenvalue weighted by Crippen LogP contribution is -2.48. The monoisotopic (exact) mass is 345 g/mol. The minimum atomic E-state index is 0.00575. The summed E-state index contributed by atoms with van der Waals surface area (Å²) in [7, 11) is 1.61. The number of para-hydroxylation sites is 2. The molecule has 1 aliphatic rings. The highest BCUT2D eigenvalue weighted by atomic mass is 32.1. The van der Waals surface area contributed by atoms with Crippen LogP contribution in [0.15, 0.2) is 41.8 Å². The third-order valence-corrected chi connectivity index (χ3v) is 5.03. The van der Waals surface area contributed by atoms with Gasteiger partial charge in [-0.3, -0.25) is 14.6 Å². The Hall–Kier alpha value is -1.89. The lowest BCUT2D eigenvalue weighted by atomic mass is 10.2. The number of piperazine rings is 1. The molecule has 1 amide bonds.